The molecule has 1 atom stereocenters. The van der Waals surface area contributed by atoms with Gasteiger partial charge in [0, 0.05) is 24.8 Å². The summed E-state index contributed by atoms with van der Waals surface area (Å²) in [4.78, 5) is 18.5. The number of nitrogens with zero attached hydrogens (tertiary/aromatic N) is 2. The fraction of sp³-hybridized carbons (Fsp3) is 0.333. The first kappa shape index (κ1) is 15.5. The molecule has 5 nitrogen and oxygen atoms in total. The van der Waals surface area contributed by atoms with Gasteiger partial charge in [-0.05, 0) is 25.1 Å². The van der Waals surface area contributed by atoms with E-state index in [1.54, 1.807) is 6.20 Å². The minimum Gasteiger partial charge on any atom is -0.489 e. The summed E-state index contributed by atoms with van der Waals surface area (Å²) in [6.07, 6.45) is 1.79. The number of para-hydroxylation sites is 1. The molecule has 0 radical (unpaired) electrons. The van der Waals surface area contributed by atoms with Gasteiger partial charge in [-0.25, -0.2) is 0 Å². The van der Waals surface area contributed by atoms with Crippen molar-refractivity contribution in [3.63, 3.8) is 0 Å². The van der Waals surface area contributed by atoms with Crippen LogP contribution in [0.4, 0.5) is 0 Å². The van der Waals surface area contributed by atoms with E-state index in [-0.39, 0.29) is 12.0 Å². The van der Waals surface area contributed by atoms with Gasteiger partial charge in [0.1, 0.15) is 11.9 Å². The zero-order valence-corrected chi connectivity index (χ0v) is 13.2. The number of carbonyl (C=O) groups excluding carboxylic acids is 1. The molecule has 1 N–H and O–H groups in total. The lowest BCUT2D eigenvalue weighted by molar-refractivity contribution is -0.122. The molecule has 0 saturated carbocycles. The highest BCUT2D eigenvalue weighted by Gasteiger charge is 2.21. The average molecular weight is 311 g/mol. The van der Waals surface area contributed by atoms with Crippen LogP contribution in [0, 0.1) is 0 Å². The van der Waals surface area contributed by atoms with E-state index >= 15 is 0 Å². The number of pyridine rings is 1. The molecular formula is C18H21N3O2. The normalized spacial score (nSPS) is 17.7. The Morgan fingerprint density at radius 2 is 2.13 bits per heavy atom. The number of amides is 1. The lowest BCUT2D eigenvalue weighted by Gasteiger charge is -2.21. The molecule has 2 aromatic rings. The second-order valence-electron chi connectivity index (χ2n) is 5.80. The maximum atomic E-state index is 12.2. The number of hydrogen-bond acceptors (Lipinski definition) is 4. The Balaban J connectivity index is 1.58. The fourth-order valence-corrected chi connectivity index (χ4v) is 2.74. The standard InChI is InChI=1S/C18H21N3O2/c1-14-11-21(12-15-6-2-3-8-17(15)23-14)13-18(22)20-10-16-7-4-5-9-19-16/h2-9,14H,10-13H2,1H3,(H,20,22). The SMILES string of the molecule is CC1CN(CC(=O)NCc2ccccn2)Cc2ccccc2O1. The molecule has 0 saturated heterocycles. The molecule has 120 valence electrons. The summed E-state index contributed by atoms with van der Waals surface area (Å²) in [5, 5.41) is 2.92. The third-order valence-electron chi connectivity index (χ3n) is 3.77. The Hall–Kier alpha value is -2.40. The molecule has 1 aliphatic rings. The van der Waals surface area contributed by atoms with Crippen LogP contribution < -0.4 is 10.1 Å². The molecular weight excluding hydrogens is 290 g/mol. The Kier molecular flexibility index (Phi) is 4.88. The Morgan fingerprint density at radius 3 is 2.96 bits per heavy atom. The van der Waals surface area contributed by atoms with Gasteiger partial charge < -0.3 is 10.1 Å². The van der Waals surface area contributed by atoms with Gasteiger partial charge in [-0.1, -0.05) is 24.3 Å². The predicted molar refractivity (Wildman–Crippen MR) is 87.9 cm³/mol. The van der Waals surface area contributed by atoms with E-state index in [2.05, 4.69) is 15.2 Å². The largest absolute Gasteiger partial charge is 0.489 e. The Bertz CT molecular complexity index is 660. The van der Waals surface area contributed by atoms with Gasteiger partial charge in [-0.2, -0.15) is 0 Å². The topological polar surface area (TPSA) is 54.5 Å². The molecule has 1 unspecified atom stereocenters. The van der Waals surface area contributed by atoms with Crippen molar-refractivity contribution in [3.8, 4) is 5.75 Å². The van der Waals surface area contributed by atoms with Gasteiger partial charge in [0.2, 0.25) is 5.91 Å². The first-order chi connectivity index (χ1) is 11.2. The van der Waals surface area contributed by atoms with Crippen molar-refractivity contribution in [1.29, 1.82) is 0 Å². The van der Waals surface area contributed by atoms with Crippen molar-refractivity contribution < 1.29 is 9.53 Å². The number of nitrogens with one attached hydrogen (secondary N) is 1. The lowest BCUT2D eigenvalue weighted by Crippen LogP contribution is -2.39. The van der Waals surface area contributed by atoms with Crippen molar-refractivity contribution >= 4 is 5.91 Å². The van der Waals surface area contributed by atoms with Crippen molar-refractivity contribution in [3.05, 3.63) is 59.9 Å². The molecule has 0 spiro atoms. The molecule has 0 fully saturated rings. The summed E-state index contributed by atoms with van der Waals surface area (Å²) in [6.45, 7) is 4.29. The van der Waals surface area contributed by atoms with Gasteiger partial charge in [0.25, 0.3) is 0 Å². The number of rotatable bonds is 4. The summed E-state index contributed by atoms with van der Waals surface area (Å²) in [6, 6.07) is 13.7. The monoisotopic (exact) mass is 311 g/mol. The molecule has 1 aromatic carbocycles. The number of hydrogen-bond donors (Lipinski definition) is 1. The van der Waals surface area contributed by atoms with Crippen molar-refractivity contribution in [2.24, 2.45) is 0 Å². The molecule has 1 amide bonds. The molecule has 23 heavy (non-hydrogen) atoms. The molecule has 5 heteroatoms. The molecule has 3 rings (SSSR count). The number of fused-ring (bicyclic) bond motifs is 1. The smallest absolute Gasteiger partial charge is 0.234 e. The van der Waals surface area contributed by atoms with E-state index in [4.69, 9.17) is 4.74 Å². The average Bonchev–Trinajstić information content (AvgIpc) is 2.71. The summed E-state index contributed by atoms with van der Waals surface area (Å²) in [5.41, 5.74) is 1.98. The van der Waals surface area contributed by atoms with Gasteiger partial charge in [0.15, 0.2) is 0 Å². The van der Waals surface area contributed by atoms with Crippen molar-refractivity contribution in [2.75, 3.05) is 13.1 Å². The van der Waals surface area contributed by atoms with Gasteiger partial charge in [-0.3, -0.25) is 14.7 Å². The van der Waals surface area contributed by atoms with E-state index in [0.29, 0.717) is 13.1 Å². The van der Waals surface area contributed by atoms with Gasteiger partial charge in [-0.15, -0.1) is 0 Å². The molecule has 0 aliphatic carbocycles. The highest BCUT2D eigenvalue weighted by atomic mass is 16.5. The highest BCUT2D eigenvalue weighted by molar-refractivity contribution is 5.78. The second kappa shape index (κ2) is 7.24. The van der Waals surface area contributed by atoms with Crippen LogP contribution in [0.2, 0.25) is 0 Å². The second-order valence-corrected chi connectivity index (χ2v) is 5.80. The Labute approximate surface area is 136 Å². The summed E-state index contributed by atoms with van der Waals surface area (Å²) in [7, 11) is 0. The number of ether oxygens (including phenoxy) is 1. The van der Waals surface area contributed by atoms with Crippen LogP contribution in [0.3, 0.4) is 0 Å². The fourth-order valence-electron chi connectivity index (χ4n) is 2.74. The summed E-state index contributed by atoms with van der Waals surface area (Å²) < 4.78 is 5.91. The van der Waals surface area contributed by atoms with E-state index in [0.717, 1.165) is 30.1 Å². The molecule has 1 aromatic heterocycles. The van der Waals surface area contributed by atoms with Gasteiger partial charge >= 0.3 is 0 Å². The van der Waals surface area contributed by atoms with E-state index < -0.39 is 0 Å². The predicted octanol–water partition coefficient (Wildman–Crippen LogP) is 1.98. The van der Waals surface area contributed by atoms with E-state index in [1.165, 1.54) is 0 Å². The third kappa shape index (κ3) is 4.29. The molecule has 2 heterocycles. The Morgan fingerprint density at radius 1 is 1.30 bits per heavy atom. The maximum absolute atomic E-state index is 12.2. The van der Waals surface area contributed by atoms with E-state index in [1.807, 2.05) is 49.4 Å². The van der Waals surface area contributed by atoms with Crippen LogP contribution in [0.25, 0.3) is 0 Å². The summed E-state index contributed by atoms with van der Waals surface area (Å²) >= 11 is 0. The quantitative estimate of drug-likeness (QED) is 0.938. The maximum Gasteiger partial charge on any atom is 0.234 e. The minimum atomic E-state index is 0.00207. The van der Waals surface area contributed by atoms with Crippen molar-refractivity contribution in [1.82, 2.24) is 15.2 Å². The van der Waals surface area contributed by atoms with E-state index in [9.17, 15) is 4.79 Å². The zero-order chi connectivity index (χ0) is 16.1. The number of carbonyl (C=O) groups is 1. The lowest BCUT2D eigenvalue weighted by atomic mass is 10.2. The molecule has 1 aliphatic heterocycles. The molecule has 0 bridgehead atoms. The van der Waals surface area contributed by atoms with Crippen LogP contribution in [-0.4, -0.2) is 35.0 Å². The highest BCUT2D eigenvalue weighted by Crippen LogP contribution is 2.24. The van der Waals surface area contributed by atoms with Crippen LogP contribution in [-0.2, 0) is 17.9 Å². The van der Waals surface area contributed by atoms with Crippen molar-refractivity contribution in [2.45, 2.75) is 26.1 Å². The zero-order valence-electron chi connectivity index (χ0n) is 13.2. The first-order valence-corrected chi connectivity index (χ1v) is 7.84. The van der Waals surface area contributed by atoms with Crippen LogP contribution in [0.5, 0.6) is 5.75 Å². The van der Waals surface area contributed by atoms with Gasteiger partial charge in [0.05, 0.1) is 18.8 Å². The third-order valence-corrected chi connectivity index (χ3v) is 3.77. The van der Waals surface area contributed by atoms with Crippen LogP contribution in [0.1, 0.15) is 18.2 Å². The van der Waals surface area contributed by atoms with Crippen LogP contribution in [0.15, 0.2) is 48.7 Å². The van der Waals surface area contributed by atoms with Crippen LogP contribution >= 0.6 is 0 Å². The minimum absolute atomic E-state index is 0.00207. The number of aromatic nitrogens is 1. The first-order valence-electron chi connectivity index (χ1n) is 7.84. The number of benzene rings is 1. The summed E-state index contributed by atoms with van der Waals surface area (Å²) in [5.74, 6) is 0.915.